The lowest BCUT2D eigenvalue weighted by Gasteiger charge is -2.20. The SMILES string of the molecule is COc1cccc(Oc2cc(O)n([C@@H](CC(C)C)C(=O)Nc3ccn(C[C@@H](O)CO)n3)c2)c1. The van der Waals surface area contributed by atoms with Gasteiger partial charge in [-0.25, -0.2) is 0 Å². The highest BCUT2D eigenvalue weighted by Gasteiger charge is 2.25. The number of nitrogens with zero attached hydrogens (tertiary/aromatic N) is 3. The number of hydrogen-bond donors (Lipinski definition) is 4. The summed E-state index contributed by atoms with van der Waals surface area (Å²) in [5.74, 6) is 1.57. The molecule has 2 aromatic heterocycles. The van der Waals surface area contributed by atoms with Crippen LogP contribution in [0.3, 0.4) is 0 Å². The monoisotopic (exact) mass is 458 g/mol. The standard InChI is InChI=1S/C23H30N4O6/c1-15(2)9-20(23(31)24-21-7-8-26(25-21)12-16(29)14-28)27-13-19(11-22(27)30)33-18-6-4-5-17(10-18)32-3/h4-8,10-11,13,15-16,20,28-30H,9,12,14H2,1-3H3,(H,24,25,31)/t16-,20+/m1/s1. The normalized spacial score (nSPS) is 13.0. The zero-order valence-corrected chi connectivity index (χ0v) is 18.9. The van der Waals surface area contributed by atoms with E-state index in [1.54, 1.807) is 49.8 Å². The highest BCUT2D eigenvalue weighted by atomic mass is 16.5. The molecule has 10 heteroatoms. The molecule has 0 saturated carbocycles. The van der Waals surface area contributed by atoms with E-state index in [9.17, 15) is 15.0 Å². The fourth-order valence-corrected chi connectivity index (χ4v) is 3.36. The van der Waals surface area contributed by atoms with Gasteiger partial charge in [0.15, 0.2) is 11.7 Å². The van der Waals surface area contributed by atoms with E-state index in [4.69, 9.17) is 14.6 Å². The van der Waals surface area contributed by atoms with E-state index in [2.05, 4.69) is 10.4 Å². The predicted molar refractivity (Wildman–Crippen MR) is 122 cm³/mol. The molecule has 0 bridgehead atoms. The van der Waals surface area contributed by atoms with Gasteiger partial charge in [0.05, 0.1) is 32.6 Å². The summed E-state index contributed by atoms with van der Waals surface area (Å²) in [6.45, 7) is 3.69. The lowest BCUT2D eigenvalue weighted by molar-refractivity contribution is -0.119. The van der Waals surface area contributed by atoms with Crippen LogP contribution in [0.15, 0.2) is 48.8 Å². The van der Waals surface area contributed by atoms with Crippen molar-refractivity contribution in [1.29, 1.82) is 0 Å². The van der Waals surface area contributed by atoms with Gasteiger partial charge in [0, 0.05) is 24.4 Å². The highest BCUT2D eigenvalue weighted by Crippen LogP contribution is 2.33. The number of carbonyl (C=O) groups is 1. The molecule has 1 aromatic carbocycles. The summed E-state index contributed by atoms with van der Waals surface area (Å²) in [7, 11) is 1.56. The number of hydrogen-bond acceptors (Lipinski definition) is 7. The molecule has 0 aliphatic carbocycles. The van der Waals surface area contributed by atoms with Gasteiger partial charge in [-0.2, -0.15) is 5.10 Å². The molecule has 1 amide bonds. The Hall–Kier alpha value is -3.50. The maximum absolute atomic E-state index is 13.1. The van der Waals surface area contributed by atoms with Gasteiger partial charge in [-0.05, 0) is 24.5 Å². The predicted octanol–water partition coefficient (Wildman–Crippen LogP) is 2.77. The van der Waals surface area contributed by atoms with Crippen LogP contribution in [0.2, 0.25) is 0 Å². The molecule has 10 nitrogen and oxygen atoms in total. The molecule has 4 N–H and O–H groups in total. The Bertz CT molecular complexity index is 1060. The van der Waals surface area contributed by atoms with E-state index < -0.39 is 12.1 Å². The fourth-order valence-electron chi connectivity index (χ4n) is 3.36. The third-order valence-corrected chi connectivity index (χ3v) is 4.91. The van der Waals surface area contributed by atoms with Gasteiger partial charge in [-0.1, -0.05) is 19.9 Å². The minimum atomic E-state index is -0.943. The lowest BCUT2D eigenvalue weighted by atomic mass is 10.0. The summed E-state index contributed by atoms with van der Waals surface area (Å²) in [4.78, 5) is 13.1. The molecule has 0 unspecified atom stereocenters. The molecule has 2 heterocycles. The third kappa shape index (κ3) is 6.50. The number of aromatic hydroxyl groups is 1. The number of amides is 1. The molecule has 3 aromatic rings. The van der Waals surface area contributed by atoms with Crippen molar-refractivity contribution in [1.82, 2.24) is 14.3 Å². The van der Waals surface area contributed by atoms with E-state index in [0.29, 0.717) is 29.5 Å². The van der Waals surface area contributed by atoms with E-state index in [0.717, 1.165) is 0 Å². The van der Waals surface area contributed by atoms with Gasteiger partial charge in [0.1, 0.15) is 23.3 Å². The number of aliphatic hydroxyl groups is 2. The van der Waals surface area contributed by atoms with Crippen molar-refractivity contribution in [2.24, 2.45) is 5.92 Å². The first-order chi connectivity index (χ1) is 15.8. The van der Waals surface area contributed by atoms with Crippen LogP contribution in [0.1, 0.15) is 26.3 Å². The number of methoxy groups -OCH3 is 1. The van der Waals surface area contributed by atoms with Crippen molar-refractivity contribution in [3.05, 3.63) is 48.8 Å². The zero-order chi connectivity index (χ0) is 24.0. The van der Waals surface area contributed by atoms with Crippen LogP contribution in [0.5, 0.6) is 23.1 Å². The molecular formula is C23H30N4O6. The van der Waals surface area contributed by atoms with Crippen LogP contribution in [0, 0.1) is 5.92 Å². The molecular weight excluding hydrogens is 428 g/mol. The van der Waals surface area contributed by atoms with E-state index in [1.807, 2.05) is 13.8 Å². The van der Waals surface area contributed by atoms with Crippen LogP contribution in [-0.4, -0.2) is 55.4 Å². The Balaban J connectivity index is 1.77. The molecule has 178 valence electrons. The van der Waals surface area contributed by atoms with Crippen molar-refractivity contribution in [3.63, 3.8) is 0 Å². The van der Waals surface area contributed by atoms with E-state index in [1.165, 1.54) is 15.3 Å². The maximum Gasteiger partial charge on any atom is 0.248 e. The molecule has 2 atom stereocenters. The number of benzene rings is 1. The Morgan fingerprint density at radius 3 is 2.64 bits per heavy atom. The van der Waals surface area contributed by atoms with Crippen molar-refractivity contribution in [3.8, 4) is 23.1 Å². The van der Waals surface area contributed by atoms with Crippen molar-refractivity contribution in [2.45, 2.75) is 39.0 Å². The van der Waals surface area contributed by atoms with Gasteiger partial charge in [0.25, 0.3) is 0 Å². The second kappa shape index (κ2) is 10.9. The summed E-state index contributed by atoms with van der Waals surface area (Å²) in [5, 5.41) is 36.0. The Kier molecular flexibility index (Phi) is 7.96. The summed E-state index contributed by atoms with van der Waals surface area (Å²) >= 11 is 0. The number of carbonyl (C=O) groups excluding carboxylic acids is 1. The smallest absolute Gasteiger partial charge is 0.248 e. The molecule has 0 saturated heterocycles. The van der Waals surface area contributed by atoms with Crippen LogP contribution < -0.4 is 14.8 Å². The van der Waals surface area contributed by atoms with Gasteiger partial charge in [-0.15, -0.1) is 0 Å². The number of rotatable bonds is 11. The molecule has 0 aliphatic rings. The molecule has 0 spiro atoms. The first-order valence-corrected chi connectivity index (χ1v) is 10.6. The van der Waals surface area contributed by atoms with Gasteiger partial charge in [0.2, 0.25) is 5.91 Å². The van der Waals surface area contributed by atoms with Crippen molar-refractivity contribution in [2.75, 3.05) is 19.0 Å². The first kappa shape index (κ1) is 24.1. The lowest BCUT2D eigenvalue weighted by Crippen LogP contribution is -2.27. The number of aromatic nitrogens is 3. The molecule has 33 heavy (non-hydrogen) atoms. The Morgan fingerprint density at radius 1 is 1.18 bits per heavy atom. The quantitative estimate of drug-likeness (QED) is 0.347. The molecule has 0 aliphatic heterocycles. The van der Waals surface area contributed by atoms with Gasteiger partial charge in [-0.3, -0.25) is 9.48 Å². The zero-order valence-electron chi connectivity index (χ0n) is 18.9. The number of ether oxygens (including phenoxy) is 2. The van der Waals surface area contributed by atoms with Crippen LogP contribution in [-0.2, 0) is 11.3 Å². The number of nitrogens with one attached hydrogen (secondary N) is 1. The van der Waals surface area contributed by atoms with Crippen molar-refractivity contribution < 1.29 is 29.6 Å². The maximum atomic E-state index is 13.1. The number of aliphatic hydroxyl groups excluding tert-OH is 2. The summed E-state index contributed by atoms with van der Waals surface area (Å²) < 4.78 is 13.9. The van der Waals surface area contributed by atoms with Crippen LogP contribution in [0.25, 0.3) is 0 Å². The van der Waals surface area contributed by atoms with Gasteiger partial charge >= 0.3 is 0 Å². The minimum absolute atomic E-state index is 0.102. The Labute approximate surface area is 192 Å². The van der Waals surface area contributed by atoms with Gasteiger partial charge < -0.3 is 34.7 Å². The number of anilines is 1. The largest absolute Gasteiger partial charge is 0.497 e. The highest BCUT2D eigenvalue weighted by molar-refractivity contribution is 5.93. The molecule has 0 fully saturated rings. The second-order valence-electron chi connectivity index (χ2n) is 8.12. The average Bonchev–Trinajstić information content (AvgIpc) is 3.37. The first-order valence-electron chi connectivity index (χ1n) is 10.6. The van der Waals surface area contributed by atoms with Crippen LogP contribution in [0.4, 0.5) is 5.82 Å². The van der Waals surface area contributed by atoms with Crippen molar-refractivity contribution >= 4 is 11.7 Å². The second-order valence-corrected chi connectivity index (χ2v) is 8.12. The van der Waals surface area contributed by atoms with E-state index >= 15 is 0 Å². The van der Waals surface area contributed by atoms with Crippen LogP contribution >= 0.6 is 0 Å². The summed E-state index contributed by atoms with van der Waals surface area (Å²) in [5.41, 5.74) is 0. The van der Waals surface area contributed by atoms with E-state index in [-0.39, 0.29) is 30.9 Å². The summed E-state index contributed by atoms with van der Waals surface area (Å²) in [6, 6.07) is 9.41. The molecule has 3 rings (SSSR count). The third-order valence-electron chi connectivity index (χ3n) is 4.91. The molecule has 0 radical (unpaired) electrons. The topological polar surface area (TPSA) is 131 Å². The Morgan fingerprint density at radius 2 is 1.94 bits per heavy atom. The fraction of sp³-hybridized carbons (Fsp3) is 0.391. The summed E-state index contributed by atoms with van der Waals surface area (Å²) in [6.07, 6.45) is 2.70. The average molecular weight is 459 g/mol. The minimum Gasteiger partial charge on any atom is -0.497 e.